The molecule has 0 radical (unpaired) electrons. The van der Waals surface area contributed by atoms with E-state index >= 15 is 0 Å². The fourth-order valence-corrected chi connectivity index (χ4v) is 4.90. The third kappa shape index (κ3) is 5.20. The topological polar surface area (TPSA) is 114 Å². The number of benzene rings is 3. The molecule has 0 bridgehead atoms. The number of carbonyl (C=O) groups excluding carboxylic acids is 4. The van der Waals surface area contributed by atoms with Crippen LogP contribution in [0.4, 0.5) is 11.4 Å². The van der Waals surface area contributed by atoms with Gasteiger partial charge in [-0.25, -0.2) is 0 Å². The number of hydrogen-bond donors (Lipinski definition) is 1. The molecule has 0 spiro atoms. The predicted octanol–water partition coefficient (Wildman–Crippen LogP) is 3.65. The normalized spacial score (nSPS) is 14.2. The Balaban J connectivity index is 1.44. The fourth-order valence-electron chi connectivity index (χ4n) is 4.90. The molecule has 0 aromatic heterocycles. The molecule has 3 aromatic rings. The molecule has 0 saturated heterocycles. The number of para-hydroxylation sites is 1. The van der Waals surface area contributed by atoms with Gasteiger partial charge in [-0.05, 0) is 47.9 Å². The van der Waals surface area contributed by atoms with E-state index in [-0.39, 0.29) is 24.8 Å². The molecular formula is C30H29N3O7. The Labute approximate surface area is 231 Å². The Morgan fingerprint density at radius 2 is 1.73 bits per heavy atom. The Bertz CT molecular complexity index is 1470. The molecule has 0 fully saturated rings. The van der Waals surface area contributed by atoms with Crippen LogP contribution < -0.4 is 24.4 Å². The van der Waals surface area contributed by atoms with Crippen molar-refractivity contribution in [1.29, 1.82) is 0 Å². The maximum atomic E-state index is 13.9. The number of nitrogens with one attached hydrogen (secondary N) is 1. The lowest BCUT2D eigenvalue weighted by Crippen LogP contribution is -2.53. The summed E-state index contributed by atoms with van der Waals surface area (Å²) in [6, 6.07) is 17.9. The molecule has 10 nitrogen and oxygen atoms in total. The number of Topliss-reactive ketones (excluding diaryl/α,β-unsaturated/α-hetero) is 1. The number of hydrogen-bond acceptors (Lipinski definition) is 7. The lowest BCUT2D eigenvalue weighted by Gasteiger charge is -2.34. The highest BCUT2D eigenvalue weighted by atomic mass is 16.7. The SMILES string of the molecule is COc1ccc(CN(C(=O)CN2C(=O)C(=O)c3ccccc32)[C@@H](C(=O)Nc2ccc3c(c2)OCO3)C(C)C)cc1. The number of rotatable bonds is 9. The molecular weight excluding hydrogens is 514 g/mol. The number of anilines is 2. The van der Waals surface area contributed by atoms with Crippen molar-refractivity contribution < 1.29 is 33.4 Å². The van der Waals surface area contributed by atoms with Crippen LogP contribution in [0, 0.1) is 5.92 Å². The fraction of sp³-hybridized carbons (Fsp3) is 0.267. The summed E-state index contributed by atoms with van der Waals surface area (Å²) < 4.78 is 16.0. The van der Waals surface area contributed by atoms with E-state index in [4.69, 9.17) is 14.2 Å². The molecule has 3 amide bonds. The van der Waals surface area contributed by atoms with Gasteiger partial charge >= 0.3 is 0 Å². The molecule has 2 heterocycles. The molecule has 1 atom stereocenters. The summed E-state index contributed by atoms with van der Waals surface area (Å²) in [5.74, 6) is -0.857. The summed E-state index contributed by atoms with van der Waals surface area (Å²) in [7, 11) is 1.56. The van der Waals surface area contributed by atoms with Gasteiger partial charge in [-0.1, -0.05) is 38.1 Å². The molecule has 0 unspecified atom stereocenters. The number of fused-ring (bicyclic) bond motifs is 2. The van der Waals surface area contributed by atoms with Gasteiger partial charge in [0.25, 0.3) is 11.7 Å². The smallest absolute Gasteiger partial charge is 0.299 e. The standard InChI is InChI=1S/C30H29N3O7/c1-18(2)27(29(36)31-20-10-13-24-25(14-20)40-17-39-24)33(15-19-8-11-21(38-3)12-9-19)26(34)16-32-23-7-5-4-6-22(23)28(35)30(32)37/h4-14,18,27H,15-17H2,1-3H3,(H,31,36)/t27-/m1/s1. The highest BCUT2D eigenvalue weighted by molar-refractivity contribution is 6.52. The summed E-state index contributed by atoms with van der Waals surface area (Å²) in [5, 5.41) is 2.89. The molecule has 2 aliphatic heterocycles. The molecule has 5 rings (SSSR count). The quantitative estimate of drug-likeness (QED) is 0.410. The molecule has 0 saturated carbocycles. The minimum absolute atomic E-state index is 0.0951. The van der Waals surface area contributed by atoms with Gasteiger partial charge in [-0.3, -0.25) is 24.1 Å². The van der Waals surface area contributed by atoms with E-state index in [1.807, 2.05) is 26.0 Å². The molecule has 3 aromatic carbocycles. The second kappa shape index (κ2) is 11.1. The van der Waals surface area contributed by atoms with Crippen LogP contribution in [0.2, 0.25) is 0 Å². The van der Waals surface area contributed by atoms with Crippen molar-refractivity contribution in [3.8, 4) is 17.2 Å². The zero-order valence-electron chi connectivity index (χ0n) is 22.4. The van der Waals surface area contributed by atoms with Crippen molar-refractivity contribution in [2.75, 3.05) is 30.7 Å². The Kier molecular flexibility index (Phi) is 7.41. The second-order valence-electron chi connectivity index (χ2n) is 9.85. The van der Waals surface area contributed by atoms with Gasteiger partial charge in [0.15, 0.2) is 11.5 Å². The zero-order chi connectivity index (χ0) is 28.4. The van der Waals surface area contributed by atoms with E-state index in [2.05, 4.69) is 5.32 Å². The van der Waals surface area contributed by atoms with E-state index in [9.17, 15) is 19.2 Å². The van der Waals surface area contributed by atoms with Crippen LogP contribution in [0.1, 0.15) is 29.8 Å². The van der Waals surface area contributed by atoms with Crippen LogP contribution in [-0.4, -0.2) is 54.9 Å². The summed E-state index contributed by atoms with van der Waals surface area (Å²) in [4.78, 5) is 55.6. The van der Waals surface area contributed by atoms with Crippen LogP contribution in [0.25, 0.3) is 0 Å². The number of ketones is 1. The number of amides is 3. The first-order chi connectivity index (χ1) is 19.3. The van der Waals surface area contributed by atoms with Gasteiger partial charge in [-0.2, -0.15) is 0 Å². The van der Waals surface area contributed by atoms with E-state index in [0.29, 0.717) is 28.6 Å². The highest BCUT2D eigenvalue weighted by Crippen LogP contribution is 2.34. The molecule has 10 heteroatoms. The van der Waals surface area contributed by atoms with Gasteiger partial charge in [0, 0.05) is 18.3 Å². The number of carbonyl (C=O) groups is 4. The monoisotopic (exact) mass is 543 g/mol. The average Bonchev–Trinajstić information content (AvgIpc) is 3.51. The van der Waals surface area contributed by atoms with E-state index in [1.54, 1.807) is 61.7 Å². The molecule has 0 aliphatic carbocycles. The third-order valence-electron chi connectivity index (χ3n) is 6.88. The first-order valence-electron chi connectivity index (χ1n) is 12.8. The van der Waals surface area contributed by atoms with Gasteiger partial charge in [-0.15, -0.1) is 0 Å². The molecule has 40 heavy (non-hydrogen) atoms. The first-order valence-corrected chi connectivity index (χ1v) is 12.8. The second-order valence-corrected chi connectivity index (χ2v) is 9.85. The number of nitrogens with zero attached hydrogens (tertiary/aromatic N) is 2. The van der Waals surface area contributed by atoms with Gasteiger partial charge in [0.05, 0.1) is 18.4 Å². The van der Waals surface area contributed by atoms with Crippen LogP contribution >= 0.6 is 0 Å². The van der Waals surface area contributed by atoms with E-state index in [1.165, 1.54) is 9.80 Å². The maximum absolute atomic E-state index is 13.9. The lowest BCUT2D eigenvalue weighted by molar-refractivity contribution is -0.140. The van der Waals surface area contributed by atoms with Crippen molar-refractivity contribution in [1.82, 2.24) is 4.90 Å². The van der Waals surface area contributed by atoms with Gasteiger partial charge < -0.3 is 24.4 Å². The van der Waals surface area contributed by atoms with Crippen molar-refractivity contribution >= 4 is 34.9 Å². The Morgan fingerprint density at radius 1 is 1.00 bits per heavy atom. The van der Waals surface area contributed by atoms with Crippen LogP contribution in [0.3, 0.4) is 0 Å². The first kappa shape index (κ1) is 26.7. The lowest BCUT2D eigenvalue weighted by atomic mass is 10.00. The van der Waals surface area contributed by atoms with Crippen molar-refractivity contribution in [3.63, 3.8) is 0 Å². The maximum Gasteiger partial charge on any atom is 0.299 e. The summed E-state index contributed by atoms with van der Waals surface area (Å²) in [6.07, 6.45) is 0. The van der Waals surface area contributed by atoms with Gasteiger partial charge in [0.2, 0.25) is 18.6 Å². The van der Waals surface area contributed by atoms with Crippen LogP contribution in [0.15, 0.2) is 66.7 Å². The van der Waals surface area contributed by atoms with Crippen LogP contribution in [-0.2, 0) is 20.9 Å². The molecule has 206 valence electrons. The number of methoxy groups -OCH3 is 1. The van der Waals surface area contributed by atoms with Crippen molar-refractivity contribution in [3.05, 3.63) is 77.9 Å². The number of ether oxygens (including phenoxy) is 3. The molecule has 2 aliphatic rings. The summed E-state index contributed by atoms with van der Waals surface area (Å²) in [6.45, 7) is 3.50. The average molecular weight is 544 g/mol. The predicted molar refractivity (Wildman–Crippen MR) is 146 cm³/mol. The van der Waals surface area contributed by atoms with Crippen molar-refractivity contribution in [2.45, 2.75) is 26.4 Å². The zero-order valence-corrected chi connectivity index (χ0v) is 22.4. The van der Waals surface area contributed by atoms with Crippen LogP contribution in [0.5, 0.6) is 17.2 Å². The molecule has 1 N–H and O–H groups in total. The largest absolute Gasteiger partial charge is 0.497 e. The van der Waals surface area contributed by atoms with E-state index in [0.717, 1.165) is 5.56 Å². The third-order valence-corrected chi connectivity index (χ3v) is 6.88. The van der Waals surface area contributed by atoms with Crippen molar-refractivity contribution in [2.24, 2.45) is 5.92 Å². The Morgan fingerprint density at radius 3 is 2.45 bits per heavy atom. The Hall–Kier alpha value is -4.86. The highest BCUT2D eigenvalue weighted by Gasteiger charge is 2.39. The summed E-state index contributed by atoms with van der Waals surface area (Å²) in [5.41, 5.74) is 1.88. The minimum atomic E-state index is -0.899. The minimum Gasteiger partial charge on any atom is -0.497 e. The van der Waals surface area contributed by atoms with Gasteiger partial charge in [0.1, 0.15) is 18.3 Å². The summed E-state index contributed by atoms with van der Waals surface area (Å²) >= 11 is 0. The van der Waals surface area contributed by atoms with E-state index < -0.39 is 36.1 Å².